The first kappa shape index (κ1) is 20.7. The lowest BCUT2D eigenvalue weighted by Gasteiger charge is -2.20. The van der Waals surface area contributed by atoms with Crippen LogP contribution < -0.4 is 15.5 Å². The van der Waals surface area contributed by atoms with Crippen LogP contribution in [0.2, 0.25) is 0 Å². The van der Waals surface area contributed by atoms with Crippen LogP contribution >= 0.6 is 0 Å². The molecule has 0 bridgehead atoms. The number of nitrogens with one attached hydrogen (secondary N) is 2. The van der Waals surface area contributed by atoms with Crippen molar-refractivity contribution in [1.29, 1.82) is 0 Å². The zero-order valence-corrected chi connectivity index (χ0v) is 17.7. The summed E-state index contributed by atoms with van der Waals surface area (Å²) >= 11 is 0. The Balaban J connectivity index is 1.30. The molecule has 158 valence electrons. The Morgan fingerprint density at radius 3 is 2.23 bits per heavy atom. The smallest absolute Gasteiger partial charge is 0.251 e. The van der Waals surface area contributed by atoms with E-state index in [4.69, 9.17) is 0 Å². The van der Waals surface area contributed by atoms with E-state index in [-0.39, 0.29) is 18.4 Å². The van der Waals surface area contributed by atoms with E-state index >= 15 is 0 Å². The van der Waals surface area contributed by atoms with Gasteiger partial charge in [0.15, 0.2) is 0 Å². The summed E-state index contributed by atoms with van der Waals surface area (Å²) in [5, 5.41) is 5.56. The number of hydrogen-bond acceptors (Lipinski definition) is 3. The van der Waals surface area contributed by atoms with Crippen molar-refractivity contribution in [3.8, 4) is 11.1 Å². The summed E-state index contributed by atoms with van der Waals surface area (Å²) in [5.41, 5.74) is 5.78. The molecule has 1 aliphatic rings. The maximum atomic E-state index is 12.4. The summed E-state index contributed by atoms with van der Waals surface area (Å²) in [6, 6.07) is 23.3. The fraction of sp³-hybridized carbons (Fsp3) is 0.231. The molecule has 0 radical (unpaired) electrons. The highest BCUT2D eigenvalue weighted by Crippen LogP contribution is 2.26. The number of carbonyl (C=O) groups excluding carboxylic acids is 2. The quantitative estimate of drug-likeness (QED) is 0.619. The Morgan fingerprint density at radius 2 is 1.55 bits per heavy atom. The lowest BCUT2D eigenvalue weighted by molar-refractivity contribution is -0.115. The van der Waals surface area contributed by atoms with E-state index in [9.17, 15) is 9.59 Å². The first-order chi connectivity index (χ1) is 15.1. The van der Waals surface area contributed by atoms with Crippen molar-refractivity contribution in [3.05, 3.63) is 83.9 Å². The number of anilines is 2. The van der Waals surface area contributed by atoms with Crippen molar-refractivity contribution in [2.24, 2.45) is 0 Å². The summed E-state index contributed by atoms with van der Waals surface area (Å²) in [6.07, 6.45) is 2.46. The van der Waals surface area contributed by atoms with E-state index in [0.717, 1.165) is 35.5 Å². The third-order valence-electron chi connectivity index (χ3n) is 5.59. The summed E-state index contributed by atoms with van der Waals surface area (Å²) < 4.78 is 0. The molecule has 0 aliphatic carbocycles. The van der Waals surface area contributed by atoms with Gasteiger partial charge in [-0.1, -0.05) is 42.5 Å². The van der Waals surface area contributed by atoms with Crippen molar-refractivity contribution in [1.82, 2.24) is 5.32 Å². The lowest BCUT2D eigenvalue weighted by atomic mass is 10.0. The van der Waals surface area contributed by atoms with Gasteiger partial charge in [-0.05, 0) is 66.8 Å². The van der Waals surface area contributed by atoms with Crippen molar-refractivity contribution in [2.75, 3.05) is 29.9 Å². The predicted octanol–water partition coefficient (Wildman–Crippen LogP) is 4.63. The van der Waals surface area contributed by atoms with Crippen molar-refractivity contribution in [2.45, 2.75) is 19.8 Å². The average molecular weight is 414 g/mol. The molecule has 0 spiro atoms. The lowest BCUT2D eigenvalue weighted by Crippen LogP contribution is -2.32. The molecule has 1 saturated heterocycles. The zero-order valence-electron chi connectivity index (χ0n) is 17.7. The normalized spacial score (nSPS) is 13.1. The molecule has 1 fully saturated rings. The fourth-order valence-electron chi connectivity index (χ4n) is 3.96. The molecular formula is C26H27N3O2. The van der Waals surface area contributed by atoms with Gasteiger partial charge in [0.1, 0.15) is 0 Å². The standard InChI is InChI=1S/C26H27N3O2/c1-19-17-23(13-14-24(19)29-15-5-6-16-29)28-25(30)18-27-26(31)22-11-9-21(10-12-22)20-7-3-2-4-8-20/h2-4,7-14,17H,5-6,15-16,18H2,1H3,(H,27,31)(H,28,30). The Bertz CT molecular complexity index is 1060. The molecule has 4 rings (SSSR count). The molecule has 0 atom stereocenters. The minimum absolute atomic E-state index is 0.0772. The van der Waals surface area contributed by atoms with Gasteiger partial charge in [0, 0.05) is 30.0 Å². The molecular weight excluding hydrogens is 386 g/mol. The molecule has 2 N–H and O–H groups in total. The number of rotatable bonds is 6. The Hall–Kier alpha value is -3.60. The van der Waals surface area contributed by atoms with Crippen molar-refractivity contribution >= 4 is 23.2 Å². The number of nitrogens with zero attached hydrogens (tertiary/aromatic N) is 1. The number of carbonyl (C=O) groups is 2. The largest absolute Gasteiger partial charge is 0.371 e. The van der Waals surface area contributed by atoms with Gasteiger partial charge in [0.25, 0.3) is 5.91 Å². The van der Waals surface area contributed by atoms with Crippen LogP contribution in [0.5, 0.6) is 0 Å². The van der Waals surface area contributed by atoms with Gasteiger partial charge in [0.05, 0.1) is 6.54 Å². The second kappa shape index (κ2) is 9.47. The Kier molecular flexibility index (Phi) is 6.32. The van der Waals surface area contributed by atoms with Crippen LogP contribution in [0.15, 0.2) is 72.8 Å². The van der Waals surface area contributed by atoms with Gasteiger partial charge in [-0.2, -0.15) is 0 Å². The molecule has 3 aromatic carbocycles. The highest BCUT2D eigenvalue weighted by atomic mass is 16.2. The van der Waals surface area contributed by atoms with Crippen LogP contribution in [-0.4, -0.2) is 31.4 Å². The van der Waals surface area contributed by atoms with E-state index in [1.54, 1.807) is 12.1 Å². The van der Waals surface area contributed by atoms with Crippen molar-refractivity contribution < 1.29 is 9.59 Å². The highest BCUT2D eigenvalue weighted by Gasteiger charge is 2.15. The third-order valence-corrected chi connectivity index (χ3v) is 5.59. The highest BCUT2D eigenvalue weighted by molar-refractivity contribution is 5.99. The maximum absolute atomic E-state index is 12.4. The van der Waals surface area contributed by atoms with E-state index in [1.807, 2.05) is 54.6 Å². The van der Waals surface area contributed by atoms with E-state index < -0.39 is 0 Å². The van der Waals surface area contributed by atoms with Crippen LogP contribution in [0.4, 0.5) is 11.4 Å². The Morgan fingerprint density at radius 1 is 0.871 bits per heavy atom. The third kappa shape index (κ3) is 5.12. The van der Waals surface area contributed by atoms with Crippen LogP contribution in [0, 0.1) is 6.92 Å². The molecule has 2 amide bonds. The average Bonchev–Trinajstić information content (AvgIpc) is 3.33. The van der Waals surface area contributed by atoms with Gasteiger partial charge in [-0.25, -0.2) is 0 Å². The monoisotopic (exact) mass is 413 g/mol. The summed E-state index contributed by atoms with van der Waals surface area (Å²) in [4.78, 5) is 27.1. The fourth-order valence-corrected chi connectivity index (χ4v) is 3.96. The van der Waals surface area contributed by atoms with Crippen LogP contribution in [0.3, 0.4) is 0 Å². The minimum Gasteiger partial charge on any atom is -0.371 e. The Labute approximate surface area is 183 Å². The molecule has 0 aromatic heterocycles. The first-order valence-electron chi connectivity index (χ1n) is 10.7. The number of hydrogen-bond donors (Lipinski definition) is 2. The summed E-state index contributed by atoms with van der Waals surface area (Å²) in [6.45, 7) is 4.16. The van der Waals surface area contributed by atoms with Crippen molar-refractivity contribution in [3.63, 3.8) is 0 Å². The SMILES string of the molecule is Cc1cc(NC(=O)CNC(=O)c2ccc(-c3ccccc3)cc2)ccc1N1CCCC1. The summed E-state index contributed by atoms with van der Waals surface area (Å²) in [7, 11) is 0. The van der Waals surface area contributed by atoms with Gasteiger partial charge < -0.3 is 15.5 Å². The zero-order chi connectivity index (χ0) is 21.6. The van der Waals surface area contributed by atoms with Crippen LogP contribution in [0.25, 0.3) is 11.1 Å². The van der Waals surface area contributed by atoms with Gasteiger partial charge >= 0.3 is 0 Å². The maximum Gasteiger partial charge on any atom is 0.251 e. The number of amides is 2. The molecule has 5 heteroatoms. The molecule has 1 heterocycles. The molecule has 31 heavy (non-hydrogen) atoms. The van der Waals surface area contributed by atoms with E-state index in [0.29, 0.717) is 5.56 Å². The summed E-state index contributed by atoms with van der Waals surface area (Å²) in [5.74, 6) is -0.516. The van der Waals surface area contributed by atoms with Gasteiger partial charge in [-0.3, -0.25) is 9.59 Å². The molecule has 3 aromatic rings. The second-order valence-corrected chi connectivity index (χ2v) is 7.87. The van der Waals surface area contributed by atoms with Gasteiger partial charge in [0.2, 0.25) is 5.91 Å². The predicted molar refractivity (Wildman–Crippen MR) is 125 cm³/mol. The second-order valence-electron chi connectivity index (χ2n) is 7.87. The van der Waals surface area contributed by atoms with Crippen LogP contribution in [-0.2, 0) is 4.79 Å². The van der Waals surface area contributed by atoms with E-state index in [2.05, 4.69) is 28.5 Å². The van der Waals surface area contributed by atoms with Gasteiger partial charge in [-0.15, -0.1) is 0 Å². The minimum atomic E-state index is -0.268. The number of aryl methyl sites for hydroxylation is 1. The molecule has 1 aliphatic heterocycles. The number of benzene rings is 3. The van der Waals surface area contributed by atoms with E-state index in [1.165, 1.54) is 18.5 Å². The molecule has 0 unspecified atom stereocenters. The molecule has 0 saturated carbocycles. The van der Waals surface area contributed by atoms with Crippen LogP contribution in [0.1, 0.15) is 28.8 Å². The topological polar surface area (TPSA) is 61.4 Å². The molecule has 5 nitrogen and oxygen atoms in total. The first-order valence-corrected chi connectivity index (χ1v) is 10.7.